The smallest absolute Gasteiger partial charge is 0.288 e. The second kappa shape index (κ2) is 7.20. The average molecular weight is 392 g/mol. The molecule has 0 bridgehead atoms. The van der Waals surface area contributed by atoms with Crippen molar-refractivity contribution in [1.29, 1.82) is 0 Å². The second-order valence-corrected chi connectivity index (χ2v) is 7.03. The normalized spacial score (nSPS) is 10.8. The lowest BCUT2D eigenvalue weighted by Crippen LogP contribution is -2.42. The predicted molar refractivity (Wildman–Crippen MR) is 105 cm³/mol. The van der Waals surface area contributed by atoms with Crippen LogP contribution in [0.5, 0.6) is 0 Å². The van der Waals surface area contributed by atoms with Crippen molar-refractivity contribution >= 4 is 28.8 Å². The number of fused-ring (bicyclic) bond motifs is 1. The summed E-state index contributed by atoms with van der Waals surface area (Å²) in [6.45, 7) is 3.49. The fourth-order valence-electron chi connectivity index (χ4n) is 2.82. The van der Waals surface area contributed by atoms with Gasteiger partial charge in [-0.3, -0.25) is 29.8 Å². The number of imidazole rings is 1. The molecule has 0 spiro atoms. The van der Waals surface area contributed by atoms with E-state index in [9.17, 15) is 9.59 Å². The van der Waals surface area contributed by atoms with Gasteiger partial charge in [-0.15, -0.1) is 11.3 Å². The van der Waals surface area contributed by atoms with Crippen LogP contribution in [0.25, 0.3) is 16.3 Å². The highest BCUT2D eigenvalue weighted by molar-refractivity contribution is 7.17. The summed E-state index contributed by atoms with van der Waals surface area (Å²) in [5.41, 5.74) is 7.78. The zero-order chi connectivity index (χ0) is 19.7. The van der Waals surface area contributed by atoms with Crippen LogP contribution in [-0.2, 0) is 0 Å². The minimum absolute atomic E-state index is 0.367. The Bertz CT molecular complexity index is 1180. The first-order valence-corrected chi connectivity index (χ1v) is 9.29. The Morgan fingerprint density at radius 2 is 1.75 bits per heavy atom. The number of hydrogen-bond donors (Lipinski definition) is 2. The first-order chi connectivity index (χ1) is 13.5. The SMILES string of the molecule is Cc1nc(-c2ccccn2)sc1C(=O)NNC(=O)c1c(C)nc2ccccn12. The monoisotopic (exact) mass is 392 g/mol. The summed E-state index contributed by atoms with van der Waals surface area (Å²) in [6, 6.07) is 11.0. The molecule has 28 heavy (non-hydrogen) atoms. The molecule has 0 aliphatic rings. The lowest BCUT2D eigenvalue weighted by atomic mass is 10.3. The summed E-state index contributed by atoms with van der Waals surface area (Å²) in [5.74, 6) is -0.881. The lowest BCUT2D eigenvalue weighted by Gasteiger charge is -2.07. The van der Waals surface area contributed by atoms with Crippen LogP contribution in [0, 0.1) is 13.8 Å². The number of rotatable bonds is 3. The van der Waals surface area contributed by atoms with Crippen molar-refractivity contribution in [3.63, 3.8) is 0 Å². The van der Waals surface area contributed by atoms with E-state index in [1.807, 2.05) is 36.4 Å². The van der Waals surface area contributed by atoms with Crippen molar-refractivity contribution in [1.82, 2.24) is 30.2 Å². The molecule has 0 aliphatic carbocycles. The summed E-state index contributed by atoms with van der Waals surface area (Å²) < 4.78 is 1.67. The summed E-state index contributed by atoms with van der Waals surface area (Å²) in [5, 5.41) is 0.646. The van der Waals surface area contributed by atoms with Gasteiger partial charge in [0, 0.05) is 12.4 Å². The zero-order valence-electron chi connectivity index (χ0n) is 15.1. The molecule has 4 aromatic rings. The third-order valence-electron chi connectivity index (χ3n) is 4.10. The second-order valence-electron chi connectivity index (χ2n) is 6.03. The first kappa shape index (κ1) is 17.8. The van der Waals surface area contributed by atoms with E-state index >= 15 is 0 Å². The molecule has 4 heterocycles. The first-order valence-electron chi connectivity index (χ1n) is 8.48. The highest BCUT2D eigenvalue weighted by Crippen LogP contribution is 2.26. The van der Waals surface area contributed by atoms with E-state index in [1.165, 1.54) is 11.3 Å². The highest BCUT2D eigenvalue weighted by Gasteiger charge is 2.20. The number of carbonyl (C=O) groups excluding carboxylic acids is 2. The van der Waals surface area contributed by atoms with Crippen LogP contribution < -0.4 is 10.9 Å². The fraction of sp³-hybridized carbons (Fsp3) is 0.105. The number of thiazole rings is 1. The Hall–Kier alpha value is -3.59. The number of nitrogens with zero attached hydrogens (tertiary/aromatic N) is 4. The van der Waals surface area contributed by atoms with Crippen LogP contribution >= 0.6 is 11.3 Å². The van der Waals surface area contributed by atoms with Gasteiger partial charge in [-0.1, -0.05) is 12.1 Å². The van der Waals surface area contributed by atoms with E-state index in [4.69, 9.17) is 0 Å². The molecule has 140 valence electrons. The van der Waals surface area contributed by atoms with Crippen molar-refractivity contribution in [2.75, 3.05) is 0 Å². The zero-order valence-corrected chi connectivity index (χ0v) is 15.9. The largest absolute Gasteiger partial charge is 0.295 e. The molecule has 0 atom stereocenters. The molecule has 0 aliphatic heterocycles. The Morgan fingerprint density at radius 1 is 0.964 bits per heavy atom. The van der Waals surface area contributed by atoms with Gasteiger partial charge in [-0.25, -0.2) is 9.97 Å². The molecule has 9 heteroatoms. The van der Waals surface area contributed by atoms with Gasteiger partial charge in [-0.2, -0.15) is 0 Å². The van der Waals surface area contributed by atoms with E-state index in [0.717, 1.165) is 0 Å². The van der Waals surface area contributed by atoms with Crippen LogP contribution in [0.4, 0.5) is 0 Å². The number of hydrogen-bond acceptors (Lipinski definition) is 6. The summed E-state index contributed by atoms with van der Waals surface area (Å²) in [6.07, 6.45) is 3.42. The Labute approximate surface area is 164 Å². The van der Waals surface area contributed by atoms with Crippen LogP contribution in [0.15, 0.2) is 48.8 Å². The topological polar surface area (TPSA) is 101 Å². The molecule has 0 saturated heterocycles. The van der Waals surface area contributed by atoms with Crippen molar-refractivity contribution < 1.29 is 9.59 Å². The van der Waals surface area contributed by atoms with Crippen molar-refractivity contribution in [2.45, 2.75) is 13.8 Å². The number of pyridine rings is 2. The van der Waals surface area contributed by atoms with Crippen molar-refractivity contribution in [3.8, 4) is 10.7 Å². The minimum Gasteiger partial charge on any atom is -0.295 e. The minimum atomic E-state index is -0.448. The summed E-state index contributed by atoms with van der Waals surface area (Å²) in [4.78, 5) is 38.5. The predicted octanol–water partition coefficient (Wildman–Crippen LogP) is 2.54. The molecule has 0 aromatic carbocycles. The number of nitrogens with one attached hydrogen (secondary N) is 2. The van der Waals surface area contributed by atoms with Gasteiger partial charge in [0.15, 0.2) is 0 Å². The summed E-state index contributed by atoms with van der Waals surface area (Å²) >= 11 is 1.22. The van der Waals surface area contributed by atoms with Gasteiger partial charge >= 0.3 is 0 Å². The molecule has 8 nitrogen and oxygen atoms in total. The van der Waals surface area contributed by atoms with Crippen LogP contribution in [0.1, 0.15) is 31.5 Å². The molecule has 4 rings (SSSR count). The van der Waals surface area contributed by atoms with E-state index in [0.29, 0.717) is 38.3 Å². The third kappa shape index (κ3) is 3.23. The number of hydrazine groups is 1. The number of amides is 2. The number of aryl methyl sites for hydroxylation is 2. The van der Waals surface area contributed by atoms with Crippen molar-refractivity contribution in [2.24, 2.45) is 0 Å². The Morgan fingerprint density at radius 3 is 2.54 bits per heavy atom. The Balaban J connectivity index is 1.51. The summed E-state index contributed by atoms with van der Waals surface area (Å²) in [7, 11) is 0. The quantitative estimate of drug-likeness (QED) is 0.522. The molecule has 0 radical (unpaired) electrons. The molecule has 4 aromatic heterocycles. The van der Waals surface area contributed by atoms with E-state index in [2.05, 4.69) is 25.8 Å². The maximum Gasteiger partial charge on any atom is 0.288 e. The maximum atomic E-state index is 12.6. The van der Waals surface area contributed by atoms with Gasteiger partial charge in [0.1, 0.15) is 21.2 Å². The van der Waals surface area contributed by atoms with Gasteiger partial charge in [0.2, 0.25) is 0 Å². The molecular formula is C19H16N6O2S. The number of aromatic nitrogens is 4. The molecule has 0 fully saturated rings. The molecule has 0 saturated carbocycles. The molecule has 2 N–H and O–H groups in total. The van der Waals surface area contributed by atoms with Gasteiger partial charge in [0.25, 0.3) is 11.8 Å². The molecule has 0 unspecified atom stereocenters. The van der Waals surface area contributed by atoms with Crippen LogP contribution in [0.2, 0.25) is 0 Å². The van der Waals surface area contributed by atoms with Crippen LogP contribution in [-0.4, -0.2) is 31.2 Å². The van der Waals surface area contributed by atoms with Crippen LogP contribution in [0.3, 0.4) is 0 Å². The fourth-order valence-corrected chi connectivity index (χ4v) is 3.76. The molecular weight excluding hydrogens is 376 g/mol. The van der Waals surface area contributed by atoms with E-state index < -0.39 is 11.8 Å². The number of carbonyl (C=O) groups is 2. The van der Waals surface area contributed by atoms with Gasteiger partial charge in [-0.05, 0) is 38.1 Å². The lowest BCUT2D eigenvalue weighted by molar-refractivity contribution is 0.0844. The van der Waals surface area contributed by atoms with E-state index in [1.54, 1.807) is 30.6 Å². The average Bonchev–Trinajstić information content (AvgIpc) is 3.26. The van der Waals surface area contributed by atoms with Crippen molar-refractivity contribution in [3.05, 3.63) is 70.8 Å². The van der Waals surface area contributed by atoms with Gasteiger partial charge < -0.3 is 0 Å². The highest BCUT2D eigenvalue weighted by atomic mass is 32.1. The Kier molecular flexibility index (Phi) is 4.58. The molecule has 2 amide bonds. The van der Waals surface area contributed by atoms with Gasteiger partial charge in [0.05, 0.1) is 17.1 Å². The maximum absolute atomic E-state index is 12.6. The van der Waals surface area contributed by atoms with E-state index in [-0.39, 0.29) is 0 Å². The standard InChI is InChI=1S/C19H16N6O2S/c1-11-15(25-10-6-4-8-14(25)21-11)17(26)23-24-18(27)16-12(2)22-19(28-16)13-7-3-5-9-20-13/h3-10H,1-2H3,(H,23,26)(H,24,27). The third-order valence-corrected chi connectivity index (χ3v) is 5.27.